The van der Waals surface area contributed by atoms with Gasteiger partial charge in [-0.2, -0.15) is 0 Å². The average Bonchev–Trinajstić information content (AvgIpc) is 3.09. The lowest BCUT2D eigenvalue weighted by Gasteiger charge is -2.10. The highest BCUT2D eigenvalue weighted by atomic mass is 19.1. The van der Waals surface area contributed by atoms with Crippen molar-refractivity contribution in [2.45, 2.75) is 33.2 Å². The average molecular weight is 405 g/mol. The minimum Gasteiger partial charge on any atom is -0.385 e. The zero-order valence-electron chi connectivity index (χ0n) is 17.4. The maximum Gasteiger partial charge on any atom is 0.164 e. The molecule has 0 atom stereocenters. The zero-order valence-corrected chi connectivity index (χ0v) is 17.4. The van der Waals surface area contributed by atoms with E-state index in [-0.39, 0.29) is 0 Å². The van der Waals surface area contributed by atoms with Gasteiger partial charge in [0.2, 0.25) is 0 Å². The molecule has 0 aliphatic heterocycles. The molecule has 0 spiro atoms. The molecule has 154 valence electrons. The van der Waals surface area contributed by atoms with E-state index in [0.717, 1.165) is 41.1 Å². The predicted octanol–water partition coefficient (Wildman–Crippen LogP) is 4.27. The highest BCUT2D eigenvalue weighted by Crippen LogP contribution is 2.26. The van der Waals surface area contributed by atoms with Crippen molar-refractivity contribution in [3.8, 4) is 11.4 Å². The highest BCUT2D eigenvalue weighted by Gasteiger charge is 2.18. The first-order valence-corrected chi connectivity index (χ1v) is 9.94. The van der Waals surface area contributed by atoms with Crippen LogP contribution < -0.4 is 0 Å². The molecule has 0 saturated heterocycles. The van der Waals surface area contributed by atoms with Gasteiger partial charge in [-0.15, -0.1) is 0 Å². The lowest BCUT2D eigenvalue weighted by atomic mass is 10.1. The third-order valence-corrected chi connectivity index (χ3v) is 4.99. The van der Waals surface area contributed by atoms with E-state index in [1.54, 1.807) is 13.3 Å². The smallest absolute Gasteiger partial charge is 0.164 e. The van der Waals surface area contributed by atoms with Gasteiger partial charge in [-0.3, -0.25) is 4.98 Å². The minimum absolute atomic E-state index is 0.399. The molecule has 0 aliphatic carbocycles. The van der Waals surface area contributed by atoms with Gasteiger partial charge in [-0.05, 0) is 31.9 Å². The van der Waals surface area contributed by atoms with Gasteiger partial charge >= 0.3 is 0 Å². The molecule has 4 rings (SSSR count). The van der Waals surface area contributed by atoms with Crippen LogP contribution in [0.25, 0.3) is 22.6 Å². The first kappa shape index (κ1) is 20.1. The number of hydrogen-bond donors (Lipinski definition) is 0. The van der Waals surface area contributed by atoms with E-state index in [1.807, 2.05) is 11.5 Å². The van der Waals surface area contributed by atoms with Crippen molar-refractivity contribution in [1.82, 2.24) is 24.5 Å². The van der Waals surface area contributed by atoms with Gasteiger partial charge < -0.3 is 9.30 Å². The number of fused-ring (bicyclic) bond motifs is 1. The summed E-state index contributed by atoms with van der Waals surface area (Å²) in [4.78, 5) is 18.2. The molecule has 3 heterocycles. The van der Waals surface area contributed by atoms with Crippen molar-refractivity contribution in [2.75, 3.05) is 13.7 Å². The summed E-state index contributed by atoms with van der Waals surface area (Å²) < 4.78 is 21.1. The number of halogens is 1. The Hall–Kier alpha value is -3.19. The van der Waals surface area contributed by atoms with Crippen LogP contribution in [0.4, 0.5) is 4.39 Å². The second-order valence-electron chi connectivity index (χ2n) is 7.39. The Bertz CT molecular complexity index is 1170. The van der Waals surface area contributed by atoms with Crippen molar-refractivity contribution < 1.29 is 9.13 Å². The summed E-state index contributed by atoms with van der Waals surface area (Å²) in [5.41, 5.74) is 5.19. The number of imidazole rings is 1. The molecule has 6 nitrogen and oxygen atoms in total. The van der Waals surface area contributed by atoms with Crippen LogP contribution >= 0.6 is 0 Å². The highest BCUT2D eigenvalue weighted by molar-refractivity contribution is 5.79. The molecule has 4 aromatic rings. The molecule has 0 bridgehead atoms. The number of nitrogens with zero attached hydrogens (tertiary/aromatic N) is 5. The van der Waals surface area contributed by atoms with E-state index in [4.69, 9.17) is 14.7 Å². The summed E-state index contributed by atoms with van der Waals surface area (Å²) in [7, 11) is 1.69. The lowest BCUT2D eigenvalue weighted by molar-refractivity contribution is 0.194. The van der Waals surface area contributed by atoms with Crippen LogP contribution in [-0.4, -0.2) is 38.2 Å². The van der Waals surface area contributed by atoms with Gasteiger partial charge in [0.1, 0.15) is 23.0 Å². The van der Waals surface area contributed by atoms with Crippen LogP contribution in [0, 0.1) is 19.7 Å². The predicted molar refractivity (Wildman–Crippen MR) is 114 cm³/mol. The van der Waals surface area contributed by atoms with Crippen molar-refractivity contribution >= 4 is 11.2 Å². The molecule has 7 heteroatoms. The molecule has 0 aliphatic rings. The number of aromatic nitrogens is 5. The Morgan fingerprint density at radius 2 is 1.83 bits per heavy atom. The maximum atomic E-state index is 13.9. The van der Waals surface area contributed by atoms with E-state index in [0.29, 0.717) is 24.5 Å². The molecular formula is C23H24FN5O. The number of rotatable bonds is 7. The van der Waals surface area contributed by atoms with Gasteiger partial charge in [0.15, 0.2) is 5.65 Å². The molecule has 0 radical (unpaired) electrons. The fourth-order valence-corrected chi connectivity index (χ4v) is 3.46. The van der Waals surface area contributed by atoms with Crippen molar-refractivity contribution in [3.63, 3.8) is 0 Å². The largest absolute Gasteiger partial charge is 0.385 e. The van der Waals surface area contributed by atoms with Gasteiger partial charge in [-0.25, -0.2) is 19.3 Å². The van der Waals surface area contributed by atoms with Gasteiger partial charge in [0, 0.05) is 31.9 Å². The van der Waals surface area contributed by atoms with Crippen LogP contribution in [0.3, 0.4) is 0 Å². The number of hydrogen-bond acceptors (Lipinski definition) is 5. The van der Waals surface area contributed by atoms with Gasteiger partial charge in [-0.1, -0.05) is 29.8 Å². The number of ether oxygens (including phenoxy) is 1. The van der Waals surface area contributed by atoms with E-state index in [1.165, 1.54) is 17.8 Å². The fourth-order valence-electron chi connectivity index (χ4n) is 3.46. The Kier molecular flexibility index (Phi) is 5.81. The SMILES string of the molecule is COCCCc1nc(C)c2nc(-c3cncc(F)c3)n(Cc3ccc(C)cc3)c2n1. The summed E-state index contributed by atoms with van der Waals surface area (Å²) in [5, 5.41) is 0. The molecule has 1 aromatic carbocycles. The molecule has 0 N–H and O–H groups in total. The zero-order chi connectivity index (χ0) is 21.1. The topological polar surface area (TPSA) is 65.7 Å². The number of aryl methyl sites for hydroxylation is 3. The summed E-state index contributed by atoms with van der Waals surface area (Å²) in [5.74, 6) is 0.986. The van der Waals surface area contributed by atoms with Gasteiger partial charge in [0.25, 0.3) is 0 Å². The molecular weight excluding hydrogens is 381 g/mol. The monoisotopic (exact) mass is 405 g/mol. The standard InChI is InChI=1S/C23H24FN5O/c1-15-6-8-17(9-7-15)14-29-22(18-11-19(24)13-25-12-18)28-21-16(2)26-20(27-23(21)29)5-4-10-30-3/h6-9,11-13H,4-5,10,14H2,1-3H3. The van der Waals surface area contributed by atoms with E-state index >= 15 is 0 Å². The molecule has 0 unspecified atom stereocenters. The van der Waals surface area contributed by atoms with Crippen molar-refractivity contribution in [2.24, 2.45) is 0 Å². The van der Waals surface area contributed by atoms with Gasteiger partial charge in [0.05, 0.1) is 18.4 Å². The Balaban J connectivity index is 1.86. The molecule has 0 fully saturated rings. The normalized spacial score (nSPS) is 11.3. The van der Waals surface area contributed by atoms with E-state index < -0.39 is 5.82 Å². The number of methoxy groups -OCH3 is 1. The summed E-state index contributed by atoms with van der Waals surface area (Å²) in [6.07, 6.45) is 4.37. The van der Waals surface area contributed by atoms with Crippen molar-refractivity contribution in [3.05, 3.63) is 71.2 Å². The van der Waals surface area contributed by atoms with E-state index in [2.05, 4.69) is 41.2 Å². The van der Waals surface area contributed by atoms with Crippen molar-refractivity contribution in [1.29, 1.82) is 0 Å². The lowest BCUT2D eigenvalue weighted by Crippen LogP contribution is -2.06. The third kappa shape index (κ3) is 4.21. The molecule has 0 saturated carbocycles. The Morgan fingerprint density at radius 1 is 1.03 bits per heavy atom. The second-order valence-corrected chi connectivity index (χ2v) is 7.39. The van der Waals surface area contributed by atoms with Crippen LogP contribution in [0.5, 0.6) is 0 Å². The number of benzene rings is 1. The second kappa shape index (κ2) is 8.67. The third-order valence-electron chi connectivity index (χ3n) is 4.99. The van der Waals surface area contributed by atoms with E-state index in [9.17, 15) is 4.39 Å². The fraction of sp³-hybridized carbons (Fsp3) is 0.304. The first-order valence-electron chi connectivity index (χ1n) is 9.94. The van der Waals surface area contributed by atoms with Crippen LogP contribution in [0.2, 0.25) is 0 Å². The van der Waals surface area contributed by atoms with Crippen LogP contribution in [-0.2, 0) is 17.7 Å². The Labute approximate surface area is 174 Å². The minimum atomic E-state index is -0.399. The summed E-state index contributed by atoms with van der Waals surface area (Å²) >= 11 is 0. The quantitative estimate of drug-likeness (QED) is 0.430. The maximum absolute atomic E-state index is 13.9. The Morgan fingerprint density at radius 3 is 2.57 bits per heavy atom. The number of pyridine rings is 1. The van der Waals surface area contributed by atoms with Crippen LogP contribution in [0.1, 0.15) is 29.1 Å². The molecule has 30 heavy (non-hydrogen) atoms. The molecule has 0 amide bonds. The summed E-state index contributed by atoms with van der Waals surface area (Å²) in [6, 6.07) is 9.77. The molecule has 3 aromatic heterocycles. The summed E-state index contributed by atoms with van der Waals surface area (Å²) in [6.45, 7) is 5.21. The van der Waals surface area contributed by atoms with Crippen LogP contribution in [0.15, 0.2) is 42.7 Å². The first-order chi connectivity index (χ1) is 14.5.